The molecular formula is C3H9NO5PoS. The number of carbonyl (C=O) groups excluding carboxylic acids is 1. The Labute approximate surface area is 83.5 Å². The van der Waals surface area contributed by atoms with Crippen LogP contribution in [0, 0.1) is 0 Å². The molecule has 6 nitrogen and oxygen atoms in total. The Morgan fingerprint density at radius 3 is 1.55 bits per heavy atom. The summed E-state index contributed by atoms with van der Waals surface area (Å²) in [6.45, 7) is 3.09. The molecule has 0 spiro atoms. The van der Waals surface area contributed by atoms with Gasteiger partial charge in [0.15, 0.2) is 0 Å². The van der Waals surface area contributed by atoms with Gasteiger partial charge in [0.25, 0.3) is 0 Å². The summed E-state index contributed by atoms with van der Waals surface area (Å²) in [5.74, 6) is -0.481. The Balaban J connectivity index is -0.000000107. The second-order valence-electron chi connectivity index (χ2n) is 1.05. The summed E-state index contributed by atoms with van der Waals surface area (Å²) in [5, 5.41) is 0. The summed E-state index contributed by atoms with van der Waals surface area (Å²) in [6, 6.07) is 0. The second-order valence-corrected chi connectivity index (χ2v) is 1.95. The van der Waals surface area contributed by atoms with Crippen LogP contribution in [0.25, 0.3) is 0 Å². The fourth-order valence-corrected chi connectivity index (χ4v) is 0. The number of hydrogen-bond acceptors (Lipinski definition) is 3. The average Bonchev–Trinajstić information content (AvgIpc) is 1.61. The summed E-state index contributed by atoms with van der Waals surface area (Å²) in [5.41, 5.74) is 4.53. The SMILES string of the molecule is C=CC(N)=O.O=S(=O)(O)O.[PoH2]. The van der Waals surface area contributed by atoms with Gasteiger partial charge in [0.1, 0.15) is 0 Å². The van der Waals surface area contributed by atoms with Gasteiger partial charge in [-0.3, -0.25) is 13.9 Å². The van der Waals surface area contributed by atoms with Crippen molar-refractivity contribution in [2.24, 2.45) is 5.73 Å². The van der Waals surface area contributed by atoms with Crippen molar-refractivity contribution in [1.29, 1.82) is 0 Å². The van der Waals surface area contributed by atoms with Crippen LogP contribution < -0.4 is 5.73 Å². The van der Waals surface area contributed by atoms with Crippen molar-refractivity contribution >= 4 is 42.9 Å². The minimum atomic E-state index is -4.67. The quantitative estimate of drug-likeness (QED) is 0.363. The molecule has 0 saturated heterocycles. The molecule has 0 aliphatic carbocycles. The summed E-state index contributed by atoms with van der Waals surface area (Å²) < 4.78 is 31.6. The third-order valence-electron chi connectivity index (χ3n) is 0.201. The first-order chi connectivity index (χ1) is 4.27. The molecular weight excluding hydrogens is 371 g/mol. The molecule has 0 aromatic heterocycles. The Morgan fingerprint density at radius 1 is 1.45 bits per heavy atom. The van der Waals surface area contributed by atoms with Gasteiger partial charge in [-0.1, -0.05) is 6.58 Å². The molecule has 0 saturated carbocycles. The summed E-state index contributed by atoms with van der Waals surface area (Å²) in [7, 11) is -4.67. The van der Waals surface area contributed by atoms with Crippen LogP contribution >= 0.6 is 0 Å². The van der Waals surface area contributed by atoms with Crippen LogP contribution in [0.2, 0.25) is 0 Å². The zero-order valence-electron chi connectivity index (χ0n) is 5.39. The molecule has 0 bridgehead atoms. The van der Waals surface area contributed by atoms with Gasteiger partial charge in [-0.15, -0.1) is 0 Å². The Bertz CT molecular complexity index is 202. The standard InChI is InChI=1S/C3H5NO.H2O4S.Po.2H/c1-2-3(4)5;1-5(2,3)4;;;/h2H,1H2,(H2,4,5);(H2,1,2,3,4);;;. The molecule has 0 aromatic rings. The topological polar surface area (TPSA) is 118 Å². The molecule has 0 aliphatic heterocycles. The minimum absolute atomic E-state index is 0. The predicted molar refractivity (Wildman–Crippen MR) is 42.1 cm³/mol. The van der Waals surface area contributed by atoms with Gasteiger partial charge in [0.2, 0.25) is 5.91 Å². The second kappa shape index (κ2) is 8.08. The number of hydrogen-bond donors (Lipinski definition) is 3. The average molecular weight is 380 g/mol. The van der Waals surface area contributed by atoms with Gasteiger partial charge in [0.05, 0.1) is 0 Å². The first-order valence-corrected chi connectivity index (χ1v) is 3.29. The van der Waals surface area contributed by atoms with Gasteiger partial charge < -0.3 is 5.73 Å². The number of primary amides is 1. The molecule has 8 heteroatoms. The molecule has 11 heavy (non-hydrogen) atoms. The Morgan fingerprint density at radius 2 is 1.55 bits per heavy atom. The monoisotopic (exact) mass is 380 g/mol. The van der Waals surface area contributed by atoms with Crippen LogP contribution in [-0.2, 0) is 15.2 Å². The van der Waals surface area contributed by atoms with E-state index in [0.717, 1.165) is 6.08 Å². The van der Waals surface area contributed by atoms with E-state index < -0.39 is 16.3 Å². The van der Waals surface area contributed by atoms with Crippen molar-refractivity contribution < 1.29 is 22.3 Å². The van der Waals surface area contributed by atoms with Crippen molar-refractivity contribution in [3.05, 3.63) is 12.7 Å². The summed E-state index contributed by atoms with van der Waals surface area (Å²) in [4.78, 5) is 9.47. The fraction of sp³-hybridized carbons (Fsp3) is 0. The first-order valence-electron chi connectivity index (χ1n) is 1.89. The van der Waals surface area contributed by atoms with E-state index >= 15 is 0 Å². The first kappa shape index (κ1) is 17.2. The van der Waals surface area contributed by atoms with Crippen molar-refractivity contribution in [2.75, 3.05) is 0 Å². The van der Waals surface area contributed by atoms with Crippen molar-refractivity contribution in [3.8, 4) is 0 Å². The molecule has 0 fully saturated rings. The maximum atomic E-state index is 9.47. The fourth-order valence-electron chi connectivity index (χ4n) is 0. The molecule has 4 N–H and O–H groups in total. The van der Waals surface area contributed by atoms with Crippen LogP contribution in [0.4, 0.5) is 0 Å². The summed E-state index contributed by atoms with van der Waals surface area (Å²) in [6.07, 6.45) is 1.06. The van der Waals surface area contributed by atoms with Gasteiger partial charge in [-0.05, 0) is 6.08 Å². The Kier molecular flexibility index (Phi) is 12.6. The van der Waals surface area contributed by atoms with Crippen LogP contribution in [0.15, 0.2) is 12.7 Å². The van der Waals surface area contributed by atoms with Crippen molar-refractivity contribution in [1.82, 2.24) is 0 Å². The number of rotatable bonds is 1. The van der Waals surface area contributed by atoms with E-state index in [2.05, 4.69) is 12.3 Å². The van der Waals surface area contributed by atoms with E-state index in [-0.39, 0.29) is 26.6 Å². The van der Waals surface area contributed by atoms with E-state index in [1.807, 2.05) is 0 Å². The molecule has 0 aromatic carbocycles. The molecule has 1 amide bonds. The predicted octanol–water partition coefficient (Wildman–Crippen LogP) is -1.91. The number of carbonyl (C=O) groups is 1. The third-order valence-corrected chi connectivity index (χ3v) is 0.201. The number of nitrogens with two attached hydrogens (primary N) is 1. The number of amides is 1. The van der Waals surface area contributed by atoms with E-state index in [1.165, 1.54) is 0 Å². The van der Waals surface area contributed by atoms with Crippen molar-refractivity contribution in [2.45, 2.75) is 0 Å². The maximum absolute atomic E-state index is 9.47. The molecule has 0 aliphatic rings. The van der Waals surface area contributed by atoms with Gasteiger partial charge in [-0.2, -0.15) is 8.42 Å². The van der Waals surface area contributed by atoms with Crippen molar-refractivity contribution in [3.63, 3.8) is 0 Å². The van der Waals surface area contributed by atoms with Crippen LogP contribution in [0.5, 0.6) is 0 Å². The van der Waals surface area contributed by atoms with Gasteiger partial charge in [0, 0.05) is 0 Å². The molecule has 68 valence electrons. The zero-order chi connectivity index (χ0) is 8.78. The summed E-state index contributed by atoms with van der Waals surface area (Å²) >= 11 is 0. The third kappa shape index (κ3) is 163. The zero-order valence-corrected chi connectivity index (χ0v) is 10.1. The van der Waals surface area contributed by atoms with E-state index in [4.69, 9.17) is 17.5 Å². The van der Waals surface area contributed by atoms with Gasteiger partial charge in [-0.25, -0.2) is 0 Å². The van der Waals surface area contributed by atoms with E-state index in [0.29, 0.717) is 0 Å². The van der Waals surface area contributed by atoms with E-state index in [9.17, 15) is 4.79 Å². The molecule has 0 rings (SSSR count). The van der Waals surface area contributed by atoms with Crippen LogP contribution in [0.3, 0.4) is 0 Å². The van der Waals surface area contributed by atoms with Crippen LogP contribution in [-0.4, -0.2) is 50.0 Å². The molecule has 0 heterocycles. The Hall–Kier alpha value is -0.0239. The van der Waals surface area contributed by atoms with Gasteiger partial charge >= 0.3 is 37.0 Å². The molecule has 0 radical (unpaired) electrons. The van der Waals surface area contributed by atoms with Crippen LogP contribution in [0.1, 0.15) is 0 Å². The van der Waals surface area contributed by atoms with E-state index in [1.54, 1.807) is 0 Å². The normalized spacial score (nSPS) is 8.18. The molecule has 0 unspecified atom stereocenters. The molecule has 0 atom stereocenters.